The third-order valence-corrected chi connectivity index (χ3v) is 7.60. The first-order valence-corrected chi connectivity index (χ1v) is 12.0. The van der Waals surface area contributed by atoms with Gasteiger partial charge >= 0.3 is 0 Å². The third kappa shape index (κ3) is 3.08. The fraction of sp³-hybridized carbons (Fsp3) is 0.276. The molecule has 182 valence electrons. The molecule has 0 aliphatic carbocycles. The van der Waals surface area contributed by atoms with E-state index in [0.29, 0.717) is 54.0 Å². The van der Waals surface area contributed by atoms with E-state index in [9.17, 15) is 20.6 Å². The Morgan fingerprint density at radius 2 is 1.75 bits per heavy atom. The van der Waals surface area contributed by atoms with Crippen molar-refractivity contribution in [2.24, 2.45) is 0 Å². The summed E-state index contributed by atoms with van der Waals surface area (Å²) in [6.45, 7) is 4.14. The van der Waals surface area contributed by atoms with Gasteiger partial charge in [0, 0.05) is 23.3 Å². The van der Waals surface area contributed by atoms with Crippen LogP contribution in [0.5, 0.6) is 23.3 Å². The number of ether oxygens (including phenoxy) is 2. The minimum atomic E-state index is -0.800. The molecule has 3 N–H and O–H groups in total. The zero-order chi connectivity index (χ0) is 25.2. The summed E-state index contributed by atoms with van der Waals surface area (Å²) in [6, 6.07) is 18.2. The Morgan fingerprint density at radius 1 is 1.00 bits per heavy atom. The van der Waals surface area contributed by atoms with E-state index in [2.05, 4.69) is 6.07 Å². The van der Waals surface area contributed by atoms with E-state index in [0.717, 1.165) is 16.3 Å². The summed E-state index contributed by atoms with van der Waals surface area (Å²) in [5.74, 6) is 0.599. The zero-order valence-electron chi connectivity index (χ0n) is 20.1. The summed E-state index contributed by atoms with van der Waals surface area (Å²) in [7, 11) is 0. The number of aromatic hydroxyl groups is 3. The number of hydrogen-bond donors (Lipinski definition) is 3. The van der Waals surface area contributed by atoms with Gasteiger partial charge in [-0.05, 0) is 56.5 Å². The number of aryl methyl sites for hydroxylation is 1. The van der Waals surface area contributed by atoms with Gasteiger partial charge in [0.1, 0.15) is 17.1 Å². The highest BCUT2D eigenvalue weighted by atomic mass is 16.5. The molecule has 2 bridgehead atoms. The molecule has 3 aromatic carbocycles. The van der Waals surface area contributed by atoms with Gasteiger partial charge in [0.25, 0.3) is 0 Å². The van der Waals surface area contributed by atoms with Gasteiger partial charge in [0.2, 0.25) is 11.8 Å². The lowest BCUT2D eigenvalue weighted by Crippen LogP contribution is -2.25. The maximum absolute atomic E-state index is 11.5. The fourth-order valence-corrected chi connectivity index (χ4v) is 6.06. The summed E-state index contributed by atoms with van der Waals surface area (Å²) in [4.78, 5) is 0. The summed E-state index contributed by atoms with van der Waals surface area (Å²) in [5, 5.41) is 43.9. The van der Waals surface area contributed by atoms with Crippen molar-refractivity contribution in [3.8, 4) is 35.0 Å². The van der Waals surface area contributed by atoms with Crippen molar-refractivity contribution in [3.05, 3.63) is 76.9 Å². The van der Waals surface area contributed by atoms with Crippen LogP contribution in [0.3, 0.4) is 0 Å². The predicted octanol–water partition coefficient (Wildman–Crippen LogP) is 5.63. The number of fused-ring (bicyclic) bond motifs is 6. The summed E-state index contributed by atoms with van der Waals surface area (Å²) < 4.78 is 13.9. The molecule has 7 heteroatoms. The molecule has 0 saturated carbocycles. The van der Waals surface area contributed by atoms with E-state index in [-0.39, 0.29) is 17.5 Å². The van der Waals surface area contributed by atoms with Crippen LogP contribution in [0, 0.1) is 18.3 Å². The lowest BCUT2D eigenvalue weighted by Gasteiger charge is -2.26. The van der Waals surface area contributed by atoms with E-state index in [1.807, 2.05) is 44.2 Å². The molecular formula is C29H26N2O5. The number of nitriles is 1. The molecule has 0 radical (unpaired) electrons. The normalized spacial score (nSPS) is 22.0. The second-order valence-corrected chi connectivity index (χ2v) is 9.95. The van der Waals surface area contributed by atoms with Gasteiger partial charge in [-0.2, -0.15) is 5.26 Å². The van der Waals surface area contributed by atoms with E-state index < -0.39 is 11.2 Å². The first-order chi connectivity index (χ1) is 17.3. The van der Waals surface area contributed by atoms with Gasteiger partial charge in [-0.15, -0.1) is 0 Å². The van der Waals surface area contributed by atoms with Crippen molar-refractivity contribution < 1.29 is 24.8 Å². The van der Waals surface area contributed by atoms with E-state index in [1.54, 1.807) is 24.3 Å². The topological polar surface area (TPSA) is 108 Å². The highest BCUT2D eigenvalue weighted by Gasteiger charge is 2.61. The molecule has 3 heterocycles. The predicted molar refractivity (Wildman–Crippen MR) is 134 cm³/mol. The molecule has 6 rings (SSSR count). The molecule has 1 aromatic heterocycles. The molecular weight excluding hydrogens is 456 g/mol. The van der Waals surface area contributed by atoms with Crippen LogP contribution in [0.4, 0.5) is 0 Å². The number of phenolic OH excluding ortho intramolecular Hbond substituents is 1. The molecule has 2 aliphatic heterocycles. The fourth-order valence-electron chi connectivity index (χ4n) is 6.06. The number of aromatic nitrogens is 1. The Morgan fingerprint density at radius 3 is 2.50 bits per heavy atom. The second-order valence-electron chi connectivity index (χ2n) is 9.95. The number of hydrogen-bond acceptors (Lipinski definition) is 6. The summed E-state index contributed by atoms with van der Waals surface area (Å²) in [5.41, 5.74) is 1.69. The van der Waals surface area contributed by atoms with Crippen molar-refractivity contribution in [1.29, 1.82) is 5.26 Å². The van der Waals surface area contributed by atoms with Crippen LogP contribution in [0.25, 0.3) is 16.5 Å². The molecule has 7 nitrogen and oxygen atoms in total. The Labute approximate surface area is 208 Å². The van der Waals surface area contributed by atoms with Crippen LogP contribution >= 0.6 is 0 Å². The molecule has 2 aliphatic rings. The molecule has 4 aromatic rings. The van der Waals surface area contributed by atoms with E-state index >= 15 is 0 Å². The Balaban J connectivity index is 1.42. The lowest BCUT2D eigenvalue weighted by molar-refractivity contribution is -0.0876. The molecule has 1 saturated heterocycles. The summed E-state index contributed by atoms with van der Waals surface area (Å²) >= 11 is 0. The maximum atomic E-state index is 11.5. The first kappa shape index (κ1) is 22.3. The van der Waals surface area contributed by atoms with Crippen molar-refractivity contribution in [1.82, 2.24) is 4.57 Å². The van der Waals surface area contributed by atoms with Crippen LogP contribution in [0.15, 0.2) is 54.6 Å². The van der Waals surface area contributed by atoms with Gasteiger partial charge in [0.15, 0.2) is 0 Å². The largest absolute Gasteiger partial charge is 0.508 e. The number of benzene rings is 3. The van der Waals surface area contributed by atoms with Gasteiger partial charge in [-0.3, -0.25) is 4.57 Å². The van der Waals surface area contributed by atoms with Crippen molar-refractivity contribution in [2.45, 2.75) is 44.3 Å². The van der Waals surface area contributed by atoms with E-state index in [1.165, 1.54) is 4.57 Å². The van der Waals surface area contributed by atoms with Crippen LogP contribution in [0.2, 0.25) is 0 Å². The number of nitrogens with zero attached hydrogens (tertiary/aromatic N) is 2. The smallest absolute Gasteiger partial charge is 0.205 e. The van der Waals surface area contributed by atoms with Gasteiger partial charge in [-0.25, -0.2) is 0 Å². The SMILES string of the molecule is Cc1cc(O)cc(OCC[C@]23CC[C@](C)(O2)c2c3c(O)n(-c3ccc(C#N)c4ccccc34)c2O)c1. The Bertz CT molecular complexity index is 1560. The number of phenols is 1. The Hall–Kier alpha value is -4.15. The van der Waals surface area contributed by atoms with Crippen molar-refractivity contribution in [3.63, 3.8) is 0 Å². The van der Waals surface area contributed by atoms with Crippen LogP contribution in [0.1, 0.15) is 48.4 Å². The molecule has 0 amide bonds. The molecule has 2 atom stereocenters. The lowest BCUT2D eigenvalue weighted by atomic mass is 9.78. The van der Waals surface area contributed by atoms with Crippen LogP contribution < -0.4 is 4.74 Å². The van der Waals surface area contributed by atoms with Crippen molar-refractivity contribution >= 4 is 10.8 Å². The molecule has 36 heavy (non-hydrogen) atoms. The second kappa shape index (κ2) is 7.67. The van der Waals surface area contributed by atoms with Crippen LogP contribution in [-0.2, 0) is 15.9 Å². The highest BCUT2D eigenvalue weighted by Crippen LogP contribution is 2.65. The molecule has 1 fully saturated rings. The van der Waals surface area contributed by atoms with Gasteiger partial charge < -0.3 is 24.8 Å². The monoisotopic (exact) mass is 482 g/mol. The Kier molecular flexibility index (Phi) is 4.76. The zero-order valence-corrected chi connectivity index (χ0v) is 20.1. The average molecular weight is 483 g/mol. The van der Waals surface area contributed by atoms with Crippen LogP contribution in [-0.4, -0.2) is 26.5 Å². The number of rotatable bonds is 5. The van der Waals surface area contributed by atoms with Crippen molar-refractivity contribution in [2.75, 3.05) is 6.61 Å². The third-order valence-electron chi connectivity index (χ3n) is 7.60. The quantitative estimate of drug-likeness (QED) is 0.340. The molecule has 0 unspecified atom stereocenters. The summed E-state index contributed by atoms with van der Waals surface area (Å²) in [6.07, 6.45) is 1.86. The highest BCUT2D eigenvalue weighted by molar-refractivity contribution is 5.95. The van der Waals surface area contributed by atoms with Gasteiger partial charge in [0.05, 0.1) is 40.7 Å². The first-order valence-electron chi connectivity index (χ1n) is 12.0. The average Bonchev–Trinajstić information content (AvgIpc) is 3.42. The maximum Gasteiger partial charge on any atom is 0.205 e. The standard InChI is InChI=1S/C29H26N2O5/c1-17-13-19(32)15-20(14-17)35-12-11-29-10-9-28(2,36-29)24-25(29)27(34)31(26(24)33)23-8-7-18(16-30)21-5-3-4-6-22(21)23/h3-8,13-15,32-34H,9-12H2,1-2H3/t28-,29-/m0/s1. The minimum Gasteiger partial charge on any atom is -0.508 e. The van der Waals surface area contributed by atoms with Gasteiger partial charge in [-0.1, -0.05) is 24.3 Å². The molecule has 0 spiro atoms. The van der Waals surface area contributed by atoms with E-state index in [4.69, 9.17) is 9.47 Å². The minimum absolute atomic E-state index is 0.0500.